The summed E-state index contributed by atoms with van der Waals surface area (Å²) in [7, 11) is 0. The van der Waals surface area contributed by atoms with Gasteiger partial charge >= 0.3 is 0 Å². The second-order valence-electron chi connectivity index (χ2n) is 6.50. The van der Waals surface area contributed by atoms with Gasteiger partial charge in [0.1, 0.15) is 0 Å². The van der Waals surface area contributed by atoms with Crippen molar-refractivity contribution in [2.45, 2.75) is 39.3 Å². The first-order valence-corrected chi connectivity index (χ1v) is 8.24. The number of pyridine rings is 1. The van der Waals surface area contributed by atoms with Gasteiger partial charge in [0, 0.05) is 45.0 Å². The maximum Gasteiger partial charge on any atom is 0.0674 e. The second kappa shape index (κ2) is 7.87. The third kappa shape index (κ3) is 4.50. The lowest BCUT2D eigenvalue weighted by molar-refractivity contribution is 0.0759. The molecule has 0 aromatic carbocycles. The lowest BCUT2D eigenvalue weighted by Crippen LogP contribution is -2.52. The molecular weight excluding hydrogens is 260 g/mol. The van der Waals surface area contributed by atoms with Crippen LogP contribution in [0.1, 0.15) is 38.9 Å². The van der Waals surface area contributed by atoms with Gasteiger partial charge in [-0.2, -0.15) is 0 Å². The molecule has 0 spiro atoms. The van der Waals surface area contributed by atoms with Crippen molar-refractivity contribution in [1.82, 2.24) is 14.8 Å². The highest BCUT2D eigenvalue weighted by Crippen LogP contribution is 2.24. The van der Waals surface area contributed by atoms with Crippen LogP contribution in [0.2, 0.25) is 0 Å². The van der Waals surface area contributed by atoms with Crippen LogP contribution in [0.25, 0.3) is 0 Å². The molecule has 1 aliphatic heterocycles. The predicted octanol–water partition coefficient (Wildman–Crippen LogP) is 2.13. The van der Waals surface area contributed by atoms with E-state index < -0.39 is 0 Å². The molecular formula is C17H30N4. The summed E-state index contributed by atoms with van der Waals surface area (Å²) >= 11 is 0. The normalized spacial score (nSPS) is 20.6. The smallest absolute Gasteiger partial charge is 0.0674 e. The summed E-state index contributed by atoms with van der Waals surface area (Å²) in [5.74, 6) is 0.737. The third-order valence-electron chi connectivity index (χ3n) is 4.29. The molecule has 21 heavy (non-hydrogen) atoms. The van der Waals surface area contributed by atoms with E-state index in [2.05, 4.69) is 47.7 Å². The molecule has 4 nitrogen and oxygen atoms in total. The van der Waals surface area contributed by atoms with Crippen LogP contribution in [0.3, 0.4) is 0 Å². The minimum absolute atomic E-state index is 0.150. The second-order valence-corrected chi connectivity index (χ2v) is 6.50. The van der Waals surface area contributed by atoms with E-state index in [9.17, 15) is 0 Å². The Hall–Kier alpha value is -0.970. The average Bonchev–Trinajstić information content (AvgIpc) is 2.49. The van der Waals surface area contributed by atoms with Gasteiger partial charge in [-0.1, -0.05) is 26.8 Å². The van der Waals surface area contributed by atoms with Crippen LogP contribution in [-0.2, 0) is 0 Å². The Morgan fingerprint density at radius 1 is 1.19 bits per heavy atom. The van der Waals surface area contributed by atoms with Gasteiger partial charge in [-0.25, -0.2) is 0 Å². The van der Waals surface area contributed by atoms with E-state index in [1.807, 2.05) is 12.3 Å². The highest BCUT2D eigenvalue weighted by atomic mass is 15.3. The quantitative estimate of drug-likeness (QED) is 0.872. The Morgan fingerprint density at radius 3 is 2.43 bits per heavy atom. The van der Waals surface area contributed by atoms with Crippen LogP contribution < -0.4 is 5.73 Å². The highest BCUT2D eigenvalue weighted by molar-refractivity contribution is 5.12. The van der Waals surface area contributed by atoms with Crippen molar-refractivity contribution in [2.75, 3.05) is 32.7 Å². The lowest BCUT2D eigenvalue weighted by Gasteiger charge is -2.41. The maximum absolute atomic E-state index is 6.40. The summed E-state index contributed by atoms with van der Waals surface area (Å²) in [5, 5.41) is 0. The Balaban J connectivity index is 2.03. The van der Waals surface area contributed by atoms with Crippen molar-refractivity contribution < 1.29 is 0 Å². The predicted molar refractivity (Wildman–Crippen MR) is 88.1 cm³/mol. The molecule has 1 saturated heterocycles. The number of nitrogens with two attached hydrogens (primary N) is 1. The summed E-state index contributed by atoms with van der Waals surface area (Å²) < 4.78 is 0. The van der Waals surface area contributed by atoms with Crippen molar-refractivity contribution in [3.63, 3.8) is 0 Å². The molecule has 2 rings (SSSR count). The minimum Gasteiger partial charge on any atom is -0.326 e. The molecule has 1 aromatic rings. The summed E-state index contributed by atoms with van der Waals surface area (Å²) in [5.41, 5.74) is 7.52. The topological polar surface area (TPSA) is 45.4 Å². The standard InChI is InChI=1S/C17H30N4/c1-4-15(18)17(16-7-5-6-8-19-16)21-11-9-20(10-12-21)13-14(2)3/h5-8,14-15,17H,4,9-13,18H2,1-3H3. The van der Waals surface area contributed by atoms with Crippen LogP contribution in [0.15, 0.2) is 24.4 Å². The van der Waals surface area contributed by atoms with Crippen molar-refractivity contribution in [3.05, 3.63) is 30.1 Å². The highest BCUT2D eigenvalue weighted by Gasteiger charge is 2.29. The first kappa shape index (κ1) is 16.4. The van der Waals surface area contributed by atoms with Crippen molar-refractivity contribution in [2.24, 2.45) is 11.7 Å². The fraction of sp³-hybridized carbons (Fsp3) is 0.706. The van der Waals surface area contributed by atoms with Crippen LogP contribution in [0.5, 0.6) is 0 Å². The molecule has 2 heterocycles. The molecule has 118 valence electrons. The zero-order valence-corrected chi connectivity index (χ0v) is 13.7. The van der Waals surface area contributed by atoms with Gasteiger partial charge in [0.05, 0.1) is 11.7 Å². The van der Waals surface area contributed by atoms with Crippen molar-refractivity contribution in [1.29, 1.82) is 0 Å². The summed E-state index contributed by atoms with van der Waals surface area (Å²) in [4.78, 5) is 9.64. The molecule has 0 saturated carbocycles. The number of rotatable bonds is 6. The molecule has 2 atom stereocenters. The summed E-state index contributed by atoms with van der Waals surface area (Å²) in [6.07, 6.45) is 2.85. The van der Waals surface area contributed by atoms with Gasteiger partial charge in [0.2, 0.25) is 0 Å². The molecule has 0 bridgehead atoms. The van der Waals surface area contributed by atoms with E-state index in [1.165, 1.54) is 6.54 Å². The molecule has 1 aliphatic rings. The van der Waals surface area contributed by atoms with Crippen LogP contribution in [0.4, 0.5) is 0 Å². The Kier molecular flexibility index (Phi) is 6.15. The Labute approximate surface area is 129 Å². The van der Waals surface area contributed by atoms with Gasteiger partial charge in [-0.3, -0.25) is 9.88 Å². The third-order valence-corrected chi connectivity index (χ3v) is 4.29. The van der Waals surface area contributed by atoms with Crippen LogP contribution in [-0.4, -0.2) is 53.5 Å². The number of nitrogens with zero attached hydrogens (tertiary/aromatic N) is 3. The number of piperazine rings is 1. The Morgan fingerprint density at radius 2 is 1.90 bits per heavy atom. The van der Waals surface area contributed by atoms with Crippen LogP contribution >= 0.6 is 0 Å². The van der Waals surface area contributed by atoms with Gasteiger partial charge in [0.25, 0.3) is 0 Å². The number of hydrogen-bond donors (Lipinski definition) is 1. The molecule has 0 radical (unpaired) electrons. The van der Waals surface area contributed by atoms with Gasteiger partial charge in [-0.05, 0) is 24.5 Å². The molecule has 1 aromatic heterocycles. The molecule has 0 aliphatic carbocycles. The first-order valence-electron chi connectivity index (χ1n) is 8.24. The average molecular weight is 290 g/mol. The van der Waals surface area contributed by atoms with E-state index in [0.717, 1.165) is 44.2 Å². The lowest BCUT2D eigenvalue weighted by atomic mass is 9.99. The van der Waals surface area contributed by atoms with Gasteiger partial charge in [0.15, 0.2) is 0 Å². The number of hydrogen-bond acceptors (Lipinski definition) is 4. The summed E-state index contributed by atoms with van der Waals surface area (Å²) in [6, 6.07) is 6.54. The number of aromatic nitrogens is 1. The maximum atomic E-state index is 6.40. The van der Waals surface area contributed by atoms with E-state index >= 15 is 0 Å². The van der Waals surface area contributed by atoms with E-state index in [1.54, 1.807) is 0 Å². The molecule has 4 heteroatoms. The molecule has 1 fully saturated rings. The van der Waals surface area contributed by atoms with E-state index in [0.29, 0.717) is 0 Å². The fourth-order valence-corrected chi connectivity index (χ4v) is 3.19. The van der Waals surface area contributed by atoms with Gasteiger partial charge in [-0.15, -0.1) is 0 Å². The molecule has 0 amide bonds. The zero-order valence-electron chi connectivity index (χ0n) is 13.7. The van der Waals surface area contributed by atoms with E-state index in [4.69, 9.17) is 5.73 Å². The molecule has 2 N–H and O–H groups in total. The fourth-order valence-electron chi connectivity index (χ4n) is 3.19. The van der Waals surface area contributed by atoms with Crippen molar-refractivity contribution in [3.8, 4) is 0 Å². The first-order chi connectivity index (χ1) is 10.1. The van der Waals surface area contributed by atoms with Gasteiger partial charge < -0.3 is 10.6 Å². The zero-order chi connectivity index (χ0) is 15.2. The van der Waals surface area contributed by atoms with E-state index in [-0.39, 0.29) is 12.1 Å². The largest absolute Gasteiger partial charge is 0.326 e. The SMILES string of the molecule is CCC(N)C(c1ccccn1)N1CCN(CC(C)C)CC1. The summed E-state index contributed by atoms with van der Waals surface area (Å²) in [6.45, 7) is 12.4. The molecule has 2 unspecified atom stereocenters. The monoisotopic (exact) mass is 290 g/mol. The van der Waals surface area contributed by atoms with Crippen molar-refractivity contribution >= 4 is 0 Å². The van der Waals surface area contributed by atoms with Crippen LogP contribution in [0, 0.1) is 5.92 Å². The minimum atomic E-state index is 0.150. The Bertz CT molecular complexity index is 399.